The smallest absolute Gasteiger partial charge is 0.271 e. The molecule has 6 nitrogen and oxygen atoms in total. The number of rotatable bonds is 8. The Labute approximate surface area is 153 Å². The van der Waals surface area contributed by atoms with Gasteiger partial charge in [-0.25, -0.2) is 5.43 Å². The summed E-state index contributed by atoms with van der Waals surface area (Å²) < 4.78 is 0. The molecule has 0 aliphatic heterocycles. The number of oxime groups is 1. The molecule has 0 aliphatic rings. The minimum absolute atomic E-state index is 0.262. The van der Waals surface area contributed by atoms with Crippen molar-refractivity contribution in [1.29, 1.82) is 0 Å². The first-order chi connectivity index (χ1) is 12.6. The van der Waals surface area contributed by atoms with E-state index in [4.69, 9.17) is 4.84 Å². The van der Waals surface area contributed by atoms with Gasteiger partial charge in [-0.15, -0.1) is 0 Å². The highest BCUT2D eigenvalue weighted by molar-refractivity contribution is 5.95. The van der Waals surface area contributed by atoms with Gasteiger partial charge in [-0.3, -0.25) is 4.79 Å². The summed E-state index contributed by atoms with van der Waals surface area (Å²) >= 11 is 0. The van der Waals surface area contributed by atoms with E-state index in [1.54, 1.807) is 30.6 Å². The molecule has 0 saturated heterocycles. The highest BCUT2D eigenvalue weighted by Gasteiger charge is 2.04. The predicted molar refractivity (Wildman–Crippen MR) is 106 cm³/mol. The van der Waals surface area contributed by atoms with Crippen LogP contribution in [0.15, 0.2) is 71.4 Å². The summed E-state index contributed by atoms with van der Waals surface area (Å²) in [6.45, 7) is 3.91. The van der Waals surface area contributed by atoms with Gasteiger partial charge in [-0.1, -0.05) is 36.0 Å². The number of anilines is 1. The van der Waals surface area contributed by atoms with Gasteiger partial charge in [0.15, 0.2) is 0 Å². The molecule has 0 radical (unpaired) electrons. The zero-order chi connectivity index (χ0) is 18.8. The Morgan fingerprint density at radius 2 is 1.85 bits per heavy atom. The van der Waals surface area contributed by atoms with Crippen molar-refractivity contribution < 1.29 is 9.63 Å². The first-order valence-corrected chi connectivity index (χ1v) is 8.07. The average Bonchev–Trinajstić information content (AvgIpc) is 2.65. The van der Waals surface area contributed by atoms with Crippen LogP contribution in [0.4, 0.5) is 5.69 Å². The van der Waals surface area contributed by atoms with Crippen LogP contribution in [0, 0.1) is 0 Å². The van der Waals surface area contributed by atoms with Gasteiger partial charge in [-0.2, -0.15) is 5.10 Å². The minimum Gasteiger partial charge on any atom is -0.392 e. The van der Waals surface area contributed by atoms with Gasteiger partial charge in [0, 0.05) is 25.3 Å². The average molecular weight is 350 g/mol. The van der Waals surface area contributed by atoms with Gasteiger partial charge in [-0.05, 0) is 41.5 Å². The molecular formula is C20H22N4O2. The molecule has 0 fully saturated rings. The van der Waals surface area contributed by atoms with E-state index in [-0.39, 0.29) is 5.91 Å². The number of hydrazone groups is 1. The third-order valence-electron chi connectivity index (χ3n) is 3.40. The maximum absolute atomic E-state index is 12.1. The molecule has 1 amide bonds. The molecule has 6 heteroatoms. The summed E-state index contributed by atoms with van der Waals surface area (Å²) in [4.78, 5) is 19.0. The van der Waals surface area contributed by atoms with E-state index in [9.17, 15) is 4.79 Å². The fraction of sp³-hybridized carbons (Fsp3) is 0.150. The van der Waals surface area contributed by atoms with E-state index in [0.717, 1.165) is 16.8 Å². The second-order valence-corrected chi connectivity index (χ2v) is 5.63. The molecular weight excluding hydrogens is 328 g/mol. The molecule has 0 atom stereocenters. The highest BCUT2D eigenvalue weighted by Crippen LogP contribution is 2.12. The second-order valence-electron chi connectivity index (χ2n) is 5.63. The van der Waals surface area contributed by atoms with Crippen LogP contribution in [0.5, 0.6) is 0 Å². The van der Waals surface area contributed by atoms with Crippen LogP contribution in [-0.4, -0.2) is 39.0 Å². The number of hydrogen-bond donors (Lipinski definition) is 1. The fourth-order valence-electron chi connectivity index (χ4n) is 2.05. The number of nitrogens with one attached hydrogen (secondary N) is 1. The standard InChI is InChI=1S/C20H22N4O2/c1-4-12-26-22-15-17-7-5-6-16(13-17)14-21-23-20(25)18-8-10-19(11-9-18)24(2)3/h4-11,13-15H,1,12H2,2-3H3,(H,23,25). The number of carbonyl (C=O) groups is 1. The summed E-state index contributed by atoms with van der Waals surface area (Å²) in [6, 6.07) is 14.8. The Balaban J connectivity index is 1.94. The summed E-state index contributed by atoms with van der Waals surface area (Å²) in [5.41, 5.74) is 5.80. The Morgan fingerprint density at radius 3 is 2.50 bits per heavy atom. The SMILES string of the molecule is C=CCON=Cc1cccc(C=NNC(=O)c2ccc(N(C)C)cc2)c1. The van der Waals surface area contributed by atoms with Crippen LogP contribution >= 0.6 is 0 Å². The van der Waals surface area contributed by atoms with Crippen molar-refractivity contribution >= 4 is 24.0 Å². The molecule has 0 heterocycles. The topological polar surface area (TPSA) is 66.3 Å². The molecule has 26 heavy (non-hydrogen) atoms. The van der Waals surface area contributed by atoms with E-state index in [0.29, 0.717) is 12.2 Å². The third-order valence-corrected chi connectivity index (χ3v) is 3.40. The van der Waals surface area contributed by atoms with Crippen LogP contribution in [-0.2, 0) is 4.84 Å². The van der Waals surface area contributed by atoms with Gasteiger partial charge in [0.25, 0.3) is 5.91 Å². The van der Waals surface area contributed by atoms with E-state index in [1.165, 1.54) is 0 Å². The van der Waals surface area contributed by atoms with Crippen LogP contribution in [0.3, 0.4) is 0 Å². The summed E-state index contributed by atoms with van der Waals surface area (Å²) in [5, 5.41) is 7.83. The van der Waals surface area contributed by atoms with Gasteiger partial charge >= 0.3 is 0 Å². The molecule has 0 aliphatic carbocycles. The molecule has 0 unspecified atom stereocenters. The quantitative estimate of drug-likeness (QED) is 0.344. The highest BCUT2D eigenvalue weighted by atomic mass is 16.6. The third kappa shape index (κ3) is 5.90. The van der Waals surface area contributed by atoms with Crippen LogP contribution < -0.4 is 10.3 Å². The number of amides is 1. The number of hydrogen-bond acceptors (Lipinski definition) is 5. The maximum atomic E-state index is 12.1. The second kappa shape index (κ2) is 9.78. The van der Waals surface area contributed by atoms with Crippen molar-refractivity contribution in [3.63, 3.8) is 0 Å². The fourth-order valence-corrected chi connectivity index (χ4v) is 2.05. The lowest BCUT2D eigenvalue weighted by Crippen LogP contribution is -2.18. The van der Waals surface area contributed by atoms with Crippen LogP contribution in [0.25, 0.3) is 0 Å². The van der Waals surface area contributed by atoms with Crippen molar-refractivity contribution in [2.45, 2.75) is 0 Å². The maximum Gasteiger partial charge on any atom is 0.271 e. The van der Waals surface area contributed by atoms with Gasteiger partial charge in [0.1, 0.15) is 6.61 Å². The predicted octanol–water partition coefficient (Wildman–Crippen LogP) is 3.05. The molecule has 2 rings (SSSR count). The minimum atomic E-state index is -0.262. The van der Waals surface area contributed by atoms with Crippen molar-refractivity contribution in [3.05, 3.63) is 77.9 Å². The van der Waals surface area contributed by atoms with Gasteiger partial charge in [0.2, 0.25) is 0 Å². The molecule has 0 spiro atoms. The largest absolute Gasteiger partial charge is 0.392 e. The van der Waals surface area contributed by atoms with E-state index in [2.05, 4.69) is 22.3 Å². The van der Waals surface area contributed by atoms with Crippen LogP contribution in [0.2, 0.25) is 0 Å². The molecule has 2 aromatic carbocycles. The Bertz CT molecular complexity index is 796. The monoisotopic (exact) mass is 350 g/mol. The zero-order valence-corrected chi connectivity index (χ0v) is 14.9. The van der Waals surface area contributed by atoms with E-state index < -0.39 is 0 Å². The lowest BCUT2D eigenvalue weighted by molar-refractivity contribution is 0.0955. The molecule has 134 valence electrons. The lowest BCUT2D eigenvalue weighted by atomic mass is 10.1. The summed E-state index contributed by atoms with van der Waals surface area (Å²) in [6.07, 6.45) is 4.80. The number of nitrogens with zero attached hydrogens (tertiary/aromatic N) is 3. The Morgan fingerprint density at radius 1 is 1.15 bits per heavy atom. The van der Waals surface area contributed by atoms with Crippen molar-refractivity contribution in [3.8, 4) is 0 Å². The normalized spacial score (nSPS) is 10.8. The lowest BCUT2D eigenvalue weighted by Gasteiger charge is -2.12. The first kappa shape index (κ1) is 18.9. The molecule has 1 N–H and O–H groups in total. The van der Waals surface area contributed by atoms with E-state index >= 15 is 0 Å². The molecule has 0 bridgehead atoms. The number of carbonyl (C=O) groups excluding carboxylic acids is 1. The molecule has 2 aromatic rings. The Hall–Kier alpha value is -3.41. The summed E-state index contributed by atoms with van der Waals surface area (Å²) in [7, 11) is 3.90. The Kier molecular flexibility index (Phi) is 7.12. The van der Waals surface area contributed by atoms with Crippen molar-refractivity contribution in [1.82, 2.24) is 5.43 Å². The van der Waals surface area contributed by atoms with E-state index in [1.807, 2.05) is 55.4 Å². The molecule has 0 saturated carbocycles. The zero-order valence-electron chi connectivity index (χ0n) is 14.9. The van der Waals surface area contributed by atoms with Gasteiger partial charge < -0.3 is 9.74 Å². The number of benzene rings is 2. The van der Waals surface area contributed by atoms with Crippen molar-refractivity contribution in [2.24, 2.45) is 10.3 Å². The van der Waals surface area contributed by atoms with Crippen molar-refractivity contribution in [2.75, 3.05) is 25.6 Å². The molecule has 0 aromatic heterocycles. The summed E-state index contributed by atoms with van der Waals surface area (Å²) in [5.74, 6) is -0.262. The van der Waals surface area contributed by atoms with Gasteiger partial charge in [0.05, 0.1) is 12.4 Å². The van der Waals surface area contributed by atoms with Crippen LogP contribution in [0.1, 0.15) is 21.5 Å². The first-order valence-electron chi connectivity index (χ1n) is 8.07.